The molecule has 5 heterocycles. The largest absolute Gasteiger partial charge is 0.490 e. The normalized spacial score (nSPS) is 26.4. The van der Waals surface area contributed by atoms with Gasteiger partial charge in [-0.15, -0.1) is 0 Å². The molecule has 2 aliphatic rings. The third kappa shape index (κ3) is 7.41. The van der Waals surface area contributed by atoms with E-state index in [9.17, 15) is 28.3 Å². The predicted molar refractivity (Wildman–Crippen MR) is 145 cm³/mol. The highest BCUT2D eigenvalue weighted by molar-refractivity contribution is 7.71. The van der Waals surface area contributed by atoms with Crippen LogP contribution in [0.25, 0.3) is 11.2 Å². The van der Waals surface area contributed by atoms with Crippen LogP contribution in [0.2, 0.25) is 0 Å². The molecule has 2 saturated heterocycles. The number of H-pyrrole nitrogens is 1. The molecule has 0 aromatic carbocycles. The van der Waals surface area contributed by atoms with Gasteiger partial charge in [0.2, 0.25) is 6.29 Å². The van der Waals surface area contributed by atoms with Crippen LogP contribution in [0.3, 0.4) is 0 Å². The van der Waals surface area contributed by atoms with Crippen molar-refractivity contribution in [3.8, 4) is 0 Å². The van der Waals surface area contributed by atoms with E-state index in [4.69, 9.17) is 40.7 Å². The minimum atomic E-state index is -5.76. The first-order chi connectivity index (χ1) is 20.4. The number of rotatable bonds is 11. The smallest absolute Gasteiger partial charge is 0.347 e. The standard InChI is InChI=1S/C19H26N7O14P3S/c1-8-4-10(24-25(8)3)5-20-16(27)19-37-13-11(6-35-42(31,32)40-43(33,34)39-41(28,29)30)36-18(14(13)38-19)26-7-21-12-15(26)22-9(2)23-17(12)44/h4,7,11,13-14,18-19H,5-6H2,1-3H3,(H,20,27)(H,31,32)(H,33,34)(H,22,23,44)(H2,28,29,30). The summed E-state index contributed by atoms with van der Waals surface area (Å²) in [5, 5.41) is 6.92. The number of carbonyl (C=O) groups excluding carboxylic acids is 1. The number of amides is 1. The Labute approximate surface area is 251 Å². The Morgan fingerprint density at radius 2 is 1.82 bits per heavy atom. The molecular weight excluding hydrogens is 675 g/mol. The summed E-state index contributed by atoms with van der Waals surface area (Å²) in [5.74, 6) is -0.211. The molecule has 0 spiro atoms. The molecule has 2 aliphatic heterocycles. The van der Waals surface area contributed by atoms with E-state index < -0.39 is 66.8 Å². The van der Waals surface area contributed by atoms with E-state index in [1.54, 1.807) is 24.7 Å². The lowest BCUT2D eigenvalue weighted by Crippen LogP contribution is -2.37. The fourth-order valence-corrected chi connectivity index (χ4v) is 7.82. The summed E-state index contributed by atoms with van der Waals surface area (Å²) in [5.41, 5.74) is 2.15. The van der Waals surface area contributed by atoms with Crippen LogP contribution in [0.5, 0.6) is 0 Å². The zero-order valence-corrected chi connectivity index (χ0v) is 26.3. The summed E-state index contributed by atoms with van der Waals surface area (Å²) in [7, 11) is -15.1. The van der Waals surface area contributed by atoms with Crippen LogP contribution in [-0.2, 0) is 59.4 Å². The van der Waals surface area contributed by atoms with Crippen molar-refractivity contribution < 1.29 is 65.4 Å². The third-order valence-electron chi connectivity index (χ3n) is 6.33. The highest BCUT2D eigenvalue weighted by Gasteiger charge is 2.56. The van der Waals surface area contributed by atoms with Gasteiger partial charge >= 0.3 is 23.5 Å². The highest BCUT2D eigenvalue weighted by Crippen LogP contribution is 2.66. The molecule has 1 amide bonds. The van der Waals surface area contributed by atoms with E-state index in [0.717, 1.165) is 5.69 Å². The van der Waals surface area contributed by atoms with Gasteiger partial charge in [0.05, 0.1) is 25.2 Å². The van der Waals surface area contributed by atoms with Gasteiger partial charge in [-0.05, 0) is 19.9 Å². The number of aromatic amines is 1. The van der Waals surface area contributed by atoms with Crippen molar-refractivity contribution in [1.29, 1.82) is 0 Å². The van der Waals surface area contributed by atoms with Gasteiger partial charge in [-0.2, -0.15) is 13.7 Å². The van der Waals surface area contributed by atoms with E-state index in [1.807, 2.05) is 6.92 Å². The second-order valence-corrected chi connectivity index (χ2v) is 14.4. The van der Waals surface area contributed by atoms with Crippen molar-refractivity contribution in [2.75, 3.05) is 6.61 Å². The van der Waals surface area contributed by atoms with Gasteiger partial charge in [0, 0.05) is 12.7 Å². The number of phosphoric ester groups is 1. The second kappa shape index (κ2) is 12.2. The van der Waals surface area contributed by atoms with E-state index in [-0.39, 0.29) is 11.2 Å². The lowest BCUT2D eigenvalue weighted by Gasteiger charge is -2.22. The van der Waals surface area contributed by atoms with Gasteiger partial charge in [0.15, 0.2) is 10.9 Å². The van der Waals surface area contributed by atoms with Crippen molar-refractivity contribution >= 4 is 52.8 Å². The maximum absolute atomic E-state index is 13.0. The lowest BCUT2D eigenvalue weighted by molar-refractivity contribution is -0.171. The van der Waals surface area contributed by atoms with Crippen LogP contribution in [0.15, 0.2) is 12.4 Å². The van der Waals surface area contributed by atoms with Crippen LogP contribution >= 0.6 is 35.7 Å². The summed E-state index contributed by atoms with van der Waals surface area (Å²) in [6.07, 6.45) is -4.61. The number of imidazole rings is 1. The average Bonchev–Trinajstić information content (AvgIpc) is 3.63. The third-order valence-corrected chi connectivity index (χ3v) is 10.4. The summed E-state index contributed by atoms with van der Waals surface area (Å²) >= 11 is 5.28. The average molecular weight is 701 g/mol. The molecular formula is C19H26N7O14P3S. The second-order valence-electron chi connectivity index (χ2n) is 9.58. The number of hydrogen-bond acceptors (Lipinski definition) is 14. The number of phosphoric acid groups is 3. The van der Waals surface area contributed by atoms with Gasteiger partial charge in [-0.3, -0.25) is 18.6 Å². The van der Waals surface area contributed by atoms with E-state index in [2.05, 4.69) is 34.0 Å². The fraction of sp³-hybridized carbons (Fsp3) is 0.526. The Morgan fingerprint density at radius 3 is 2.48 bits per heavy atom. The fourth-order valence-electron chi connectivity index (χ4n) is 4.51. The Bertz CT molecular complexity index is 1770. The molecule has 44 heavy (non-hydrogen) atoms. The van der Waals surface area contributed by atoms with Crippen molar-refractivity contribution in [3.63, 3.8) is 0 Å². The van der Waals surface area contributed by atoms with Crippen LogP contribution < -0.4 is 5.32 Å². The Hall–Kier alpha value is -2.26. The number of nitrogens with one attached hydrogen (secondary N) is 2. The number of carbonyl (C=O) groups is 1. The quantitative estimate of drug-likeness (QED) is 0.117. The number of aromatic nitrogens is 6. The molecule has 3 aromatic heterocycles. The topological polar surface area (TPSA) is 281 Å². The molecule has 6 N–H and O–H groups in total. The number of aryl methyl sites for hydroxylation is 3. The van der Waals surface area contributed by atoms with Crippen molar-refractivity contribution in [1.82, 2.24) is 34.6 Å². The van der Waals surface area contributed by atoms with E-state index in [1.165, 1.54) is 10.9 Å². The zero-order valence-electron chi connectivity index (χ0n) is 22.8. The maximum atomic E-state index is 13.0. The maximum Gasteiger partial charge on any atom is 0.490 e. The Morgan fingerprint density at radius 1 is 1.11 bits per heavy atom. The zero-order chi connectivity index (χ0) is 32.2. The number of hydrogen-bond donors (Lipinski definition) is 6. The van der Waals surface area contributed by atoms with E-state index >= 15 is 0 Å². The van der Waals surface area contributed by atoms with Gasteiger partial charge in [0.1, 0.15) is 35.3 Å². The van der Waals surface area contributed by atoms with Crippen LogP contribution in [0, 0.1) is 18.5 Å². The molecule has 0 aliphatic carbocycles. The van der Waals surface area contributed by atoms with Crippen LogP contribution in [0.4, 0.5) is 0 Å². The van der Waals surface area contributed by atoms with Gasteiger partial charge in [0.25, 0.3) is 5.91 Å². The number of nitrogens with zero attached hydrogens (tertiary/aromatic N) is 5. The molecule has 0 radical (unpaired) electrons. The molecule has 242 valence electrons. The molecule has 0 saturated carbocycles. The van der Waals surface area contributed by atoms with E-state index in [0.29, 0.717) is 22.7 Å². The first-order valence-electron chi connectivity index (χ1n) is 12.4. The molecule has 7 atom stereocenters. The van der Waals surface area contributed by atoms with Gasteiger partial charge < -0.3 is 44.1 Å². The summed E-state index contributed by atoms with van der Waals surface area (Å²) in [6, 6.07) is 1.78. The summed E-state index contributed by atoms with van der Waals surface area (Å²) in [6.45, 7) is 2.71. The molecule has 0 bridgehead atoms. The van der Waals surface area contributed by atoms with Crippen LogP contribution in [0.1, 0.15) is 23.4 Å². The van der Waals surface area contributed by atoms with Crippen LogP contribution in [-0.4, -0.2) is 86.0 Å². The molecule has 2 fully saturated rings. The molecule has 3 aromatic rings. The molecule has 25 heteroatoms. The minimum Gasteiger partial charge on any atom is -0.347 e. The molecule has 7 unspecified atom stereocenters. The Balaban J connectivity index is 1.35. The lowest BCUT2D eigenvalue weighted by atomic mass is 10.1. The number of ether oxygens (including phenoxy) is 3. The SMILES string of the molecule is Cc1nc(=S)c2ncn(C3OC(COP(=O)(O)OP(=O)(O)OP(=O)(O)O)C4OC(C(=O)NCc5cc(C)n(C)n5)OC43)c2[nH]1. The Kier molecular flexibility index (Phi) is 9.15. The number of fused-ring (bicyclic) bond motifs is 2. The molecule has 21 nitrogen and oxygen atoms in total. The van der Waals surface area contributed by atoms with Crippen molar-refractivity contribution in [2.45, 2.75) is 51.2 Å². The monoisotopic (exact) mass is 701 g/mol. The first-order valence-corrected chi connectivity index (χ1v) is 17.3. The van der Waals surface area contributed by atoms with Gasteiger partial charge in [-0.25, -0.2) is 23.7 Å². The molecule has 5 rings (SSSR count). The first kappa shape index (κ1) is 33.1. The highest BCUT2D eigenvalue weighted by atomic mass is 32.1. The van der Waals surface area contributed by atoms with Gasteiger partial charge in [-0.1, -0.05) is 12.2 Å². The summed E-state index contributed by atoms with van der Waals surface area (Å²) < 4.78 is 68.3. The predicted octanol–water partition coefficient (Wildman–Crippen LogP) is 0.506. The van der Waals surface area contributed by atoms with Crippen molar-refractivity contribution in [2.24, 2.45) is 7.05 Å². The van der Waals surface area contributed by atoms with Crippen molar-refractivity contribution in [3.05, 3.63) is 34.2 Å². The summed E-state index contributed by atoms with van der Waals surface area (Å²) in [4.78, 5) is 61.2. The minimum absolute atomic E-state index is 0.0590.